The molecule has 4 heteroatoms. The van der Waals surface area contributed by atoms with E-state index < -0.39 is 0 Å². The van der Waals surface area contributed by atoms with E-state index in [0.29, 0.717) is 11.9 Å². The monoisotopic (exact) mass is 310 g/mol. The predicted molar refractivity (Wildman–Crippen MR) is 96.6 cm³/mol. The number of nitrogens with one attached hydrogen (secondary N) is 2. The van der Waals surface area contributed by atoms with Gasteiger partial charge in [0.25, 0.3) is 0 Å². The van der Waals surface area contributed by atoms with Gasteiger partial charge in [0.05, 0.1) is 5.69 Å². The van der Waals surface area contributed by atoms with E-state index in [9.17, 15) is 0 Å². The highest BCUT2D eigenvalue weighted by Crippen LogP contribution is 2.40. The van der Waals surface area contributed by atoms with Crippen LogP contribution in [0.2, 0.25) is 0 Å². The zero-order valence-electron chi connectivity index (χ0n) is 14.7. The Morgan fingerprint density at radius 1 is 0.957 bits per heavy atom. The molecular weight excluding hydrogens is 284 g/mol. The number of benzene rings is 1. The third-order valence-electron chi connectivity index (χ3n) is 3.72. The first kappa shape index (κ1) is 15.8. The average molecular weight is 310 g/mol. The quantitative estimate of drug-likeness (QED) is 0.841. The Labute approximate surface area is 138 Å². The number of hydrogen-bond donors (Lipinski definition) is 2. The maximum Gasteiger partial charge on any atom is 0.225 e. The Morgan fingerprint density at radius 3 is 2.17 bits per heavy atom. The van der Waals surface area contributed by atoms with Gasteiger partial charge in [-0.25, -0.2) is 4.98 Å². The fourth-order valence-electron chi connectivity index (χ4n) is 2.70. The van der Waals surface area contributed by atoms with Gasteiger partial charge in [0.2, 0.25) is 5.95 Å². The van der Waals surface area contributed by atoms with Gasteiger partial charge in [-0.1, -0.05) is 6.07 Å². The van der Waals surface area contributed by atoms with E-state index in [-0.39, 0.29) is 5.54 Å². The first-order valence-electron chi connectivity index (χ1n) is 8.31. The van der Waals surface area contributed by atoms with E-state index in [0.717, 1.165) is 17.2 Å². The van der Waals surface area contributed by atoms with E-state index in [1.165, 1.54) is 24.0 Å². The lowest BCUT2D eigenvalue weighted by molar-refractivity contribution is 0.625. The van der Waals surface area contributed by atoms with Crippen molar-refractivity contribution < 1.29 is 0 Å². The Morgan fingerprint density at radius 2 is 1.61 bits per heavy atom. The highest BCUT2D eigenvalue weighted by Gasteiger charge is 2.26. The van der Waals surface area contributed by atoms with Gasteiger partial charge in [0.15, 0.2) is 0 Å². The summed E-state index contributed by atoms with van der Waals surface area (Å²) < 4.78 is 0. The third-order valence-corrected chi connectivity index (χ3v) is 3.72. The lowest BCUT2D eigenvalue weighted by atomic mass is 10.1. The van der Waals surface area contributed by atoms with Crippen LogP contribution in [0, 0.1) is 13.8 Å². The van der Waals surface area contributed by atoms with Gasteiger partial charge >= 0.3 is 0 Å². The standard InChI is InChI=1S/C19H26N4/c1-12-8-13(2)10-15(9-12)20-17-11-16(14-6-7-14)21-18(22-17)23-19(3,4)5/h8-11,14H,6-7H2,1-5H3,(H2,20,21,22,23). The van der Waals surface area contributed by atoms with Crippen LogP contribution >= 0.6 is 0 Å². The predicted octanol–water partition coefficient (Wildman–Crippen LogP) is 4.92. The van der Waals surface area contributed by atoms with Crippen molar-refractivity contribution in [3.05, 3.63) is 41.1 Å². The van der Waals surface area contributed by atoms with Crippen LogP contribution in [0.5, 0.6) is 0 Å². The van der Waals surface area contributed by atoms with Gasteiger partial charge in [-0.15, -0.1) is 0 Å². The lowest BCUT2D eigenvalue weighted by Gasteiger charge is -2.21. The van der Waals surface area contributed by atoms with E-state index in [1.54, 1.807) is 0 Å². The first-order valence-corrected chi connectivity index (χ1v) is 8.31. The molecule has 0 saturated heterocycles. The molecule has 1 fully saturated rings. The Hall–Kier alpha value is -2.10. The Balaban J connectivity index is 1.90. The van der Waals surface area contributed by atoms with Gasteiger partial charge in [0.1, 0.15) is 5.82 Å². The van der Waals surface area contributed by atoms with Crippen molar-refractivity contribution in [1.29, 1.82) is 0 Å². The van der Waals surface area contributed by atoms with Crippen LogP contribution in [-0.2, 0) is 0 Å². The highest BCUT2D eigenvalue weighted by molar-refractivity contribution is 5.60. The third kappa shape index (κ3) is 4.44. The van der Waals surface area contributed by atoms with Crippen LogP contribution in [0.4, 0.5) is 17.5 Å². The van der Waals surface area contributed by atoms with Crippen LogP contribution in [0.25, 0.3) is 0 Å². The minimum absolute atomic E-state index is 0.0562. The second-order valence-corrected chi connectivity index (χ2v) is 7.65. The summed E-state index contributed by atoms with van der Waals surface area (Å²) in [5.41, 5.74) is 4.65. The minimum Gasteiger partial charge on any atom is -0.350 e. The Bertz CT molecular complexity index is 692. The lowest BCUT2D eigenvalue weighted by Crippen LogP contribution is -2.27. The molecule has 0 radical (unpaired) electrons. The molecule has 4 nitrogen and oxygen atoms in total. The summed E-state index contributed by atoms with van der Waals surface area (Å²) in [6, 6.07) is 8.54. The molecule has 122 valence electrons. The number of nitrogens with zero attached hydrogens (tertiary/aromatic N) is 2. The second kappa shape index (κ2) is 5.84. The minimum atomic E-state index is -0.0562. The maximum absolute atomic E-state index is 4.70. The van der Waals surface area contributed by atoms with Crippen molar-refractivity contribution in [2.45, 2.75) is 58.9 Å². The first-order chi connectivity index (χ1) is 10.8. The number of aromatic nitrogens is 2. The largest absolute Gasteiger partial charge is 0.350 e. The number of anilines is 3. The summed E-state index contributed by atoms with van der Waals surface area (Å²) in [7, 11) is 0. The maximum atomic E-state index is 4.70. The van der Waals surface area contributed by atoms with Crippen LogP contribution in [0.15, 0.2) is 24.3 Å². The van der Waals surface area contributed by atoms with Crippen molar-refractivity contribution >= 4 is 17.5 Å². The highest BCUT2D eigenvalue weighted by atomic mass is 15.2. The SMILES string of the molecule is Cc1cc(C)cc(Nc2cc(C3CC3)nc(NC(C)(C)C)n2)c1. The zero-order valence-corrected chi connectivity index (χ0v) is 14.7. The number of aryl methyl sites for hydroxylation is 2. The van der Waals surface area contributed by atoms with Gasteiger partial charge < -0.3 is 10.6 Å². The molecule has 2 N–H and O–H groups in total. The van der Waals surface area contributed by atoms with Gasteiger partial charge in [0, 0.05) is 23.2 Å². The molecule has 0 spiro atoms. The van der Waals surface area contributed by atoms with Crippen molar-refractivity contribution in [2.75, 3.05) is 10.6 Å². The molecule has 23 heavy (non-hydrogen) atoms. The summed E-state index contributed by atoms with van der Waals surface area (Å²) in [6.45, 7) is 10.6. The van der Waals surface area contributed by atoms with E-state index in [2.05, 4.69) is 74.5 Å². The summed E-state index contributed by atoms with van der Waals surface area (Å²) in [5, 5.41) is 6.83. The normalized spacial score (nSPS) is 14.7. The molecule has 1 aliphatic rings. The smallest absolute Gasteiger partial charge is 0.225 e. The molecule has 0 aliphatic heterocycles. The van der Waals surface area contributed by atoms with Crippen molar-refractivity contribution in [2.24, 2.45) is 0 Å². The molecule has 1 aromatic heterocycles. The van der Waals surface area contributed by atoms with Crippen LogP contribution in [0.1, 0.15) is 56.4 Å². The molecule has 0 unspecified atom stereocenters. The molecule has 1 heterocycles. The topological polar surface area (TPSA) is 49.8 Å². The van der Waals surface area contributed by atoms with Gasteiger partial charge in [-0.2, -0.15) is 4.98 Å². The summed E-state index contributed by atoms with van der Waals surface area (Å²) in [5.74, 6) is 2.16. The fraction of sp³-hybridized carbons (Fsp3) is 0.474. The average Bonchev–Trinajstić information content (AvgIpc) is 3.18. The van der Waals surface area contributed by atoms with Crippen molar-refractivity contribution in [3.8, 4) is 0 Å². The zero-order chi connectivity index (χ0) is 16.6. The van der Waals surface area contributed by atoms with Crippen molar-refractivity contribution in [1.82, 2.24) is 9.97 Å². The summed E-state index contributed by atoms with van der Waals surface area (Å²) in [6.07, 6.45) is 2.46. The molecule has 1 saturated carbocycles. The van der Waals surface area contributed by atoms with Gasteiger partial charge in [-0.3, -0.25) is 0 Å². The molecule has 0 amide bonds. The van der Waals surface area contributed by atoms with Crippen LogP contribution in [0.3, 0.4) is 0 Å². The Kier molecular flexibility index (Phi) is 4.00. The van der Waals surface area contributed by atoms with E-state index >= 15 is 0 Å². The number of rotatable bonds is 4. The molecule has 0 atom stereocenters. The van der Waals surface area contributed by atoms with Crippen LogP contribution < -0.4 is 10.6 Å². The van der Waals surface area contributed by atoms with Crippen LogP contribution in [-0.4, -0.2) is 15.5 Å². The molecule has 0 bridgehead atoms. The molecule has 1 aliphatic carbocycles. The van der Waals surface area contributed by atoms with Gasteiger partial charge in [-0.05, 0) is 70.7 Å². The van der Waals surface area contributed by atoms with Crippen molar-refractivity contribution in [3.63, 3.8) is 0 Å². The second-order valence-electron chi connectivity index (χ2n) is 7.65. The summed E-state index contributed by atoms with van der Waals surface area (Å²) in [4.78, 5) is 9.35. The molecule has 3 rings (SSSR count). The molecule has 1 aromatic carbocycles. The fourth-order valence-corrected chi connectivity index (χ4v) is 2.70. The molecular formula is C19H26N4. The molecule has 2 aromatic rings. The summed E-state index contributed by atoms with van der Waals surface area (Å²) >= 11 is 0. The van der Waals surface area contributed by atoms with E-state index in [1.807, 2.05) is 0 Å². The van der Waals surface area contributed by atoms with E-state index in [4.69, 9.17) is 4.98 Å². The number of hydrogen-bond acceptors (Lipinski definition) is 4.